The molecule has 0 bridgehead atoms. The summed E-state index contributed by atoms with van der Waals surface area (Å²) in [6, 6.07) is 6.31. The number of carbonyl (C=O) groups excluding carboxylic acids is 3. The predicted octanol–water partition coefficient (Wildman–Crippen LogP) is 3.89. The van der Waals surface area contributed by atoms with E-state index in [1.165, 1.54) is 30.4 Å². The van der Waals surface area contributed by atoms with Gasteiger partial charge in [0.05, 0.1) is 17.7 Å². The zero-order valence-electron chi connectivity index (χ0n) is 15.6. The lowest BCUT2D eigenvalue weighted by Crippen LogP contribution is -2.14. The normalized spacial score (nSPS) is 9.07. The van der Waals surface area contributed by atoms with Gasteiger partial charge in [-0.15, -0.1) is 0 Å². The minimum Gasteiger partial charge on any atom is -0.463 e. The van der Waals surface area contributed by atoms with E-state index in [-0.39, 0.29) is 30.3 Å². The number of hydrogen-bond donors (Lipinski definition) is 0. The lowest BCUT2D eigenvalue weighted by atomic mass is 10.1. The van der Waals surface area contributed by atoms with E-state index in [9.17, 15) is 14.4 Å². The lowest BCUT2D eigenvalue weighted by Gasteiger charge is -2.07. The topological polar surface area (TPSA) is 78.9 Å². The van der Waals surface area contributed by atoms with Gasteiger partial charge in [0.15, 0.2) is 0 Å². The molecule has 1 aromatic rings. The molecular weight excluding hydrogens is 348 g/mol. The van der Waals surface area contributed by atoms with Gasteiger partial charge in [-0.05, 0) is 18.6 Å². The van der Waals surface area contributed by atoms with Crippen LogP contribution in [0.4, 0.5) is 0 Å². The summed E-state index contributed by atoms with van der Waals surface area (Å²) in [5.74, 6) is -1.49. The number of rotatable bonds is 10. The molecule has 0 aliphatic rings. The Hall–Kier alpha value is -3.15. The SMILES string of the molecule is C=CC(=O)OCCCC.C=CCOC(=O)c1ccccc1C(=O)OCC=C. The van der Waals surface area contributed by atoms with Crippen LogP contribution in [0.5, 0.6) is 0 Å². The van der Waals surface area contributed by atoms with Crippen LogP contribution in [0.3, 0.4) is 0 Å². The fourth-order valence-electron chi connectivity index (χ4n) is 1.64. The summed E-state index contributed by atoms with van der Waals surface area (Å²) in [4.78, 5) is 33.8. The summed E-state index contributed by atoms with van der Waals surface area (Å²) < 4.78 is 14.4. The summed E-state index contributed by atoms with van der Waals surface area (Å²) in [6.07, 6.45) is 6.06. The highest BCUT2D eigenvalue weighted by Crippen LogP contribution is 2.12. The van der Waals surface area contributed by atoms with E-state index in [2.05, 4.69) is 24.5 Å². The standard InChI is InChI=1S/C14H14O4.C7H12O2/c1-3-9-17-13(15)11-7-5-6-8-12(11)14(16)18-10-4-2;1-3-5-6-9-7(8)4-2/h3-8H,1-2,9-10H2;4H,2-3,5-6H2,1H3. The largest absolute Gasteiger partial charge is 0.463 e. The van der Waals surface area contributed by atoms with Crippen molar-refractivity contribution in [3.8, 4) is 0 Å². The Morgan fingerprint density at radius 2 is 1.37 bits per heavy atom. The van der Waals surface area contributed by atoms with Crippen LogP contribution in [0.2, 0.25) is 0 Å². The van der Waals surface area contributed by atoms with E-state index in [1.54, 1.807) is 12.1 Å². The molecule has 0 aliphatic heterocycles. The van der Waals surface area contributed by atoms with Crippen LogP contribution in [0.1, 0.15) is 40.5 Å². The van der Waals surface area contributed by atoms with Crippen LogP contribution in [0, 0.1) is 0 Å². The first kappa shape index (κ1) is 23.9. The third kappa shape index (κ3) is 10.4. The van der Waals surface area contributed by atoms with Gasteiger partial charge in [-0.2, -0.15) is 0 Å². The third-order valence-electron chi connectivity index (χ3n) is 2.94. The molecule has 0 radical (unpaired) electrons. The Labute approximate surface area is 160 Å². The molecule has 0 heterocycles. The zero-order chi connectivity index (χ0) is 20.5. The number of benzene rings is 1. The van der Waals surface area contributed by atoms with E-state index in [4.69, 9.17) is 9.47 Å². The first-order chi connectivity index (χ1) is 13.0. The van der Waals surface area contributed by atoms with E-state index in [1.807, 2.05) is 6.92 Å². The van der Waals surface area contributed by atoms with Gasteiger partial charge >= 0.3 is 17.9 Å². The van der Waals surface area contributed by atoms with Crippen molar-refractivity contribution in [1.29, 1.82) is 0 Å². The van der Waals surface area contributed by atoms with E-state index in [0.717, 1.165) is 12.8 Å². The Morgan fingerprint density at radius 3 is 1.74 bits per heavy atom. The molecule has 146 valence electrons. The maximum atomic E-state index is 11.7. The second-order valence-electron chi connectivity index (χ2n) is 5.05. The maximum absolute atomic E-state index is 11.7. The highest BCUT2D eigenvalue weighted by atomic mass is 16.5. The number of esters is 3. The van der Waals surface area contributed by atoms with Crippen molar-refractivity contribution in [2.75, 3.05) is 19.8 Å². The van der Waals surface area contributed by atoms with Gasteiger partial charge in [-0.1, -0.05) is 57.4 Å². The van der Waals surface area contributed by atoms with Crippen molar-refractivity contribution in [3.05, 3.63) is 73.4 Å². The average Bonchev–Trinajstić information content (AvgIpc) is 2.70. The maximum Gasteiger partial charge on any atom is 0.339 e. The molecule has 0 unspecified atom stereocenters. The van der Waals surface area contributed by atoms with Gasteiger partial charge in [0, 0.05) is 6.08 Å². The molecular formula is C21H26O6. The molecule has 0 N–H and O–H groups in total. The van der Waals surface area contributed by atoms with Crippen molar-refractivity contribution in [2.24, 2.45) is 0 Å². The fourth-order valence-corrected chi connectivity index (χ4v) is 1.64. The van der Waals surface area contributed by atoms with E-state index >= 15 is 0 Å². The number of ether oxygens (including phenoxy) is 3. The average molecular weight is 374 g/mol. The number of hydrogen-bond acceptors (Lipinski definition) is 6. The molecule has 27 heavy (non-hydrogen) atoms. The molecule has 0 amide bonds. The van der Waals surface area contributed by atoms with Crippen LogP contribution in [0.15, 0.2) is 62.2 Å². The molecule has 0 atom stereocenters. The molecule has 0 saturated carbocycles. The third-order valence-corrected chi connectivity index (χ3v) is 2.94. The molecule has 1 rings (SSSR count). The summed E-state index contributed by atoms with van der Waals surface area (Å²) >= 11 is 0. The van der Waals surface area contributed by atoms with Crippen molar-refractivity contribution in [1.82, 2.24) is 0 Å². The molecule has 6 nitrogen and oxygen atoms in total. The van der Waals surface area contributed by atoms with Crippen molar-refractivity contribution >= 4 is 17.9 Å². The van der Waals surface area contributed by atoms with Gasteiger partial charge < -0.3 is 14.2 Å². The van der Waals surface area contributed by atoms with E-state index in [0.29, 0.717) is 6.61 Å². The molecule has 0 spiro atoms. The van der Waals surface area contributed by atoms with Crippen molar-refractivity contribution < 1.29 is 28.6 Å². The second kappa shape index (κ2) is 15.1. The Morgan fingerprint density at radius 1 is 0.889 bits per heavy atom. The van der Waals surface area contributed by atoms with Gasteiger partial charge in [0.2, 0.25) is 0 Å². The summed E-state index contributed by atoms with van der Waals surface area (Å²) in [7, 11) is 0. The van der Waals surface area contributed by atoms with Gasteiger partial charge in [0.25, 0.3) is 0 Å². The summed E-state index contributed by atoms with van der Waals surface area (Å²) in [6.45, 7) is 12.9. The fraction of sp³-hybridized carbons (Fsp3) is 0.286. The smallest absolute Gasteiger partial charge is 0.339 e. The Bertz CT molecular complexity index is 605. The summed E-state index contributed by atoms with van der Waals surface area (Å²) in [5, 5.41) is 0. The molecule has 0 aromatic heterocycles. The minimum absolute atomic E-state index is 0.0921. The molecule has 1 aromatic carbocycles. The monoisotopic (exact) mass is 374 g/mol. The predicted molar refractivity (Wildman–Crippen MR) is 103 cm³/mol. The number of unbranched alkanes of at least 4 members (excludes halogenated alkanes) is 1. The Kier molecular flexibility index (Phi) is 13.4. The first-order valence-corrected chi connectivity index (χ1v) is 8.46. The molecule has 0 aliphatic carbocycles. The van der Waals surface area contributed by atoms with Gasteiger partial charge in [0.1, 0.15) is 13.2 Å². The van der Waals surface area contributed by atoms with E-state index < -0.39 is 11.9 Å². The second-order valence-corrected chi connectivity index (χ2v) is 5.05. The number of carbonyl (C=O) groups is 3. The Balaban J connectivity index is 0.000000636. The van der Waals surface area contributed by atoms with Crippen molar-refractivity contribution in [2.45, 2.75) is 19.8 Å². The van der Waals surface area contributed by atoms with Crippen molar-refractivity contribution in [3.63, 3.8) is 0 Å². The van der Waals surface area contributed by atoms with Crippen LogP contribution < -0.4 is 0 Å². The van der Waals surface area contributed by atoms with Gasteiger partial charge in [-0.3, -0.25) is 0 Å². The molecule has 0 saturated heterocycles. The van der Waals surface area contributed by atoms with Crippen LogP contribution in [0.25, 0.3) is 0 Å². The molecule has 6 heteroatoms. The first-order valence-electron chi connectivity index (χ1n) is 8.46. The van der Waals surface area contributed by atoms with Gasteiger partial charge in [-0.25, -0.2) is 14.4 Å². The minimum atomic E-state index is -0.582. The van der Waals surface area contributed by atoms with Crippen LogP contribution in [-0.2, 0) is 19.0 Å². The summed E-state index contributed by atoms with van der Waals surface area (Å²) in [5.41, 5.74) is 0.349. The zero-order valence-corrected chi connectivity index (χ0v) is 15.6. The molecule has 0 fully saturated rings. The quantitative estimate of drug-likeness (QED) is 0.203. The highest BCUT2D eigenvalue weighted by Gasteiger charge is 2.18. The van der Waals surface area contributed by atoms with Crippen LogP contribution in [-0.4, -0.2) is 37.7 Å². The van der Waals surface area contributed by atoms with Crippen LogP contribution >= 0.6 is 0 Å². The lowest BCUT2D eigenvalue weighted by molar-refractivity contribution is -0.137. The highest BCUT2D eigenvalue weighted by molar-refractivity contribution is 6.03.